The molecular weight excluding hydrogens is 316 g/mol. The molecule has 6 nitrogen and oxygen atoms in total. The van der Waals surface area contributed by atoms with Gasteiger partial charge in [-0.15, -0.1) is 0 Å². The Morgan fingerprint density at radius 3 is 2.72 bits per heavy atom. The number of rotatable bonds is 3. The smallest absolute Gasteiger partial charge is 0.356 e. The first kappa shape index (κ1) is 15.0. The zero-order valence-corrected chi connectivity index (χ0v) is 13.4. The van der Waals surface area contributed by atoms with Crippen molar-refractivity contribution in [3.8, 4) is 17.1 Å². The van der Waals surface area contributed by atoms with Crippen LogP contribution in [0.5, 0.6) is 0 Å². The van der Waals surface area contributed by atoms with E-state index in [0.29, 0.717) is 11.5 Å². The maximum atomic E-state index is 11.5. The van der Waals surface area contributed by atoms with E-state index in [2.05, 4.69) is 15.1 Å². The molecule has 6 heteroatoms. The zero-order valence-electron chi connectivity index (χ0n) is 13.4. The average molecular weight is 330 g/mol. The van der Waals surface area contributed by atoms with Crippen LogP contribution in [0.4, 0.5) is 0 Å². The maximum Gasteiger partial charge on any atom is 0.356 e. The lowest BCUT2D eigenvalue weighted by molar-refractivity contribution is 0.0690. The van der Waals surface area contributed by atoms with Crippen molar-refractivity contribution >= 4 is 16.9 Å². The highest BCUT2D eigenvalue weighted by atomic mass is 16.4. The van der Waals surface area contributed by atoms with Crippen molar-refractivity contribution in [3.63, 3.8) is 0 Å². The van der Waals surface area contributed by atoms with Gasteiger partial charge in [-0.25, -0.2) is 14.5 Å². The van der Waals surface area contributed by atoms with E-state index in [1.54, 1.807) is 23.0 Å². The van der Waals surface area contributed by atoms with Crippen LogP contribution in [0.2, 0.25) is 0 Å². The summed E-state index contributed by atoms with van der Waals surface area (Å²) in [6, 6.07) is 16.7. The second-order valence-electron chi connectivity index (χ2n) is 5.64. The summed E-state index contributed by atoms with van der Waals surface area (Å²) in [4.78, 5) is 20.3. The van der Waals surface area contributed by atoms with Gasteiger partial charge in [0.05, 0.1) is 11.2 Å². The standard InChI is InChI=1S/C19H14N4O2/c1-12-5-4-8-18(21-12)23-17(11-16(22-23)19(24)25)14-9-10-20-15-7-3-2-6-13(14)15/h2-11H,1H3,(H,24,25). The molecule has 0 unspecified atom stereocenters. The topological polar surface area (TPSA) is 80.9 Å². The van der Waals surface area contributed by atoms with Crippen molar-refractivity contribution in [2.24, 2.45) is 0 Å². The molecular formula is C19H14N4O2. The first-order valence-corrected chi connectivity index (χ1v) is 7.75. The minimum Gasteiger partial charge on any atom is -0.476 e. The number of benzene rings is 1. The second kappa shape index (κ2) is 5.83. The summed E-state index contributed by atoms with van der Waals surface area (Å²) in [7, 11) is 0. The van der Waals surface area contributed by atoms with E-state index in [-0.39, 0.29) is 5.69 Å². The molecule has 0 saturated carbocycles. The number of carboxylic acid groups (broad SMARTS) is 1. The van der Waals surface area contributed by atoms with Crippen LogP contribution in [-0.4, -0.2) is 30.8 Å². The fourth-order valence-electron chi connectivity index (χ4n) is 2.82. The summed E-state index contributed by atoms with van der Waals surface area (Å²) in [5, 5.41) is 14.5. The van der Waals surface area contributed by atoms with Gasteiger partial charge in [-0.05, 0) is 37.3 Å². The van der Waals surface area contributed by atoms with Crippen molar-refractivity contribution in [1.29, 1.82) is 0 Å². The summed E-state index contributed by atoms with van der Waals surface area (Å²) >= 11 is 0. The van der Waals surface area contributed by atoms with Crippen molar-refractivity contribution in [3.05, 3.63) is 72.2 Å². The molecule has 0 amide bonds. The number of carbonyl (C=O) groups is 1. The minimum atomic E-state index is -1.08. The summed E-state index contributed by atoms with van der Waals surface area (Å²) in [5.74, 6) is -0.505. The Morgan fingerprint density at radius 1 is 1.08 bits per heavy atom. The number of carboxylic acids is 1. The molecule has 4 rings (SSSR count). The van der Waals surface area contributed by atoms with Crippen LogP contribution in [0, 0.1) is 6.92 Å². The minimum absolute atomic E-state index is 0.0285. The third kappa shape index (κ3) is 2.63. The number of aromatic nitrogens is 4. The SMILES string of the molecule is Cc1cccc(-n2nc(C(=O)O)cc2-c2ccnc3ccccc23)n1. The van der Waals surface area contributed by atoms with Gasteiger partial charge in [0, 0.05) is 22.8 Å². The molecule has 0 spiro atoms. The molecule has 122 valence electrons. The first-order valence-electron chi connectivity index (χ1n) is 7.75. The third-order valence-electron chi connectivity index (χ3n) is 3.94. The van der Waals surface area contributed by atoms with Gasteiger partial charge in [0.2, 0.25) is 0 Å². The normalized spacial score (nSPS) is 10.9. The van der Waals surface area contributed by atoms with Crippen LogP contribution in [0.3, 0.4) is 0 Å². The van der Waals surface area contributed by atoms with E-state index < -0.39 is 5.97 Å². The number of para-hydroxylation sites is 1. The van der Waals surface area contributed by atoms with Crippen LogP contribution >= 0.6 is 0 Å². The average Bonchev–Trinajstić information content (AvgIpc) is 3.07. The molecule has 1 aromatic carbocycles. The molecule has 0 saturated heterocycles. The van der Waals surface area contributed by atoms with Crippen molar-refractivity contribution in [1.82, 2.24) is 19.7 Å². The van der Waals surface area contributed by atoms with Gasteiger partial charge < -0.3 is 5.11 Å². The highest BCUT2D eigenvalue weighted by Crippen LogP contribution is 2.29. The van der Waals surface area contributed by atoms with Crippen LogP contribution < -0.4 is 0 Å². The Bertz CT molecular complexity index is 1100. The van der Waals surface area contributed by atoms with E-state index >= 15 is 0 Å². The Morgan fingerprint density at radius 2 is 1.92 bits per heavy atom. The van der Waals surface area contributed by atoms with E-state index in [4.69, 9.17) is 0 Å². The summed E-state index contributed by atoms with van der Waals surface area (Å²) in [6.45, 7) is 1.88. The second-order valence-corrected chi connectivity index (χ2v) is 5.64. The predicted octanol–water partition coefficient (Wildman–Crippen LogP) is 3.49. The summed E-state index contributed by atoms with van der Waals surface area (Å²) < 4.78 is 1.57. The molecule has 0 fully saturated rings. The quantitative estimate of drug-likeness (QED) is 0.622. The van der Waals surface area contributed by atoms with E-state index in [9.17, 15) is 9.90 Å². The maximum absolute atomic E-state index is 11.5. The predicted molar refractivity (Wildman–Crippen MR) is 93.8 cm³/mol. The Labute approximate surface area is 143 Å². The number of aryl methyl sites for hydroxylation is 1. The molecule has 4 aromatic rings. The van der Waals surface area contributed by atoms with Crippen LogP contribution in [0.1, 0.15) is 16.2 Å². The van der Waals surface area contributed by atoms with E-state index in [0.717, 1.165) is 22.2 Å². The van der Waals surface area contributed by atoms with Gasteiger partial charge >= 0.3 is 5.97 Å². The van der Waals surface area contributed by atoms with Crippen molar-refractivity contribution in [2.45, 2.75) is 6.92 Å². The number of nitrogens with zero attached hydrogens (tertiary/aromatic N) is 4. The first-order chi connectivity index (χ1) is 12.1. The van der Waals surface area contributed by atoms with Gasteiger partial charge in [0.15, 0.2) is 11.5 Å². The fourth-order valence-corrected chi connectivity index (χ4v) is 2.82. The third-order valence-corrected chi connectivity index (χ3v) is 3.94. The molecule has 0 atom stereocenters. The van der Waals surface area contributed by atoms with Crippen molar-refractivity contribution < 1.29 is 9.90 Å². The molecule has 1 N–H and O–H groups in total. The van der Waals surface area contributed by atoms with Gasteiger partial charge in [-0.1, -0.05) is 24.3 Å². The van der Waals surface area contributed by atoms with Gasteiger partial charge in [0.1, 0.15) is 0 Å². The number of hydrogen-bond donors (Lipinski definition) is 1. The molecule has 3 aromatic heterocycles. The summed E-state index contributed by atoms with van der Waals surface area (Å²) in [6.07, 6.45) is 1.71. The molecule has 0 radical (unpaired) electrons. The lowest BCUT2D eigenvalue weighted by Crippen LogP contribution is -2.05. The molecule has 25 heavy (non-hydrogen) atoms. The largest absolute Gasteiger partial charge is 0.476 e. The molecule has 0 aliphatic carbocycles. The highest BCUT2D eigenvalue weighted by Gasteiger charge is 2.18. The lowest BCUT2D eigenvalue weighted by atomic mass is 10.1. The Kier molecular flexibility index (Phi) is 3.50. The van der Waals surface area contributed by atoms with Gasteiger partial charge in [0.25, 0.3) is 0 Å². The number of aromatic carboxylic acids is 1. The summed E-state index contributed by atoms with van der Waals surface area (Å²) in [5.41, 5.74) is 3.15. The molecule has 0 aliphatic heterocycles. The van der Waals surface area contributed by atoms with Crippen LogP contribution in [0.25, 0.3) is 28.0 Å². The van der Waals surface area contributed by atoms with Gasteiger partial charge in [-0.2, -0.15) is 5.10 Å². The van der Waals surface area contributed by atoms with Crippen LogP contribution in [-0.2, 0) is 0 Å². The number of pyridine rings is 2. The lowest BCUT2D eigenvalue weighted by Gasteiger charge is -2.09. The fraction of sp³-hybridized carbons (Fsp3) is 0.0526. The monoisotopic (exact) mass is 330 g/mol. The van der Waals surface area contributed by atoms with Crippen molar-refractivity contribution in [2.75, 3.05) is 0 Å². The Hall–Kier alpha value is -3.54. The van der Waals surface area contributed by atoms with Crippen LogP contribution in [0.15, 0.2) is 60.8 Å². The number of fused-ring (bicyclic) bond motifs is 1. The van der Waals surface area contributed by atoms with E-state index in [1.807, 2.05) is 49.4 Å². The number of hydrogen-bond acceptors (Lipinski definition) is 4. The van der Waals surface area contributed by atoms with E-state index in [1.165, 1.54) is 0 Å². The molecule has 3 heterocycles. The Balaban J connectivity index is 2.02. The molecule has 0 bridgehead atoms. The van der Waals surface area contributed by atoms with Gasteiger partial charge in [-0.3, -0.25) is 4.98 Å². The molecule has 0 aliphatic rings. The zero-order chi connectivity index (χ0) is 17.4. The highest BCUT2D eigenvalue weighted by molar-refractivity contribution is 5.95.